The molecule has 176 valence electrons. The van der Waals surface area contributed by atoms with Crippen molar-refractivity contribution in [1.29, 1.82) is 0 Å². The molecule has 33 heavy (non-hydrogen) atoms. The number of halogens is 11. The fraction of sp³-hybridized carbons (Fsp3) is 0.100. The minimum atomic E-state index is -5.29. The lowest BCUT2D eigenvalue weighted by atomic mass is 10.0. The third kappa shape index (κ3) is 5.29. The lowest BCUT2D eigenvalue weighted by Gasteiger charge is -2.20. The lowest BCUT2D eigenvalue weighted by molar-refractivity contribution is -0.275. The molecule has 0 atom stereocenters. The predicted octanol–water partition coefficient (Wildman–Crippen LogP) is 7.22. The first-order valence-corrected chi connectivity index (χ1v) is 8.44. The van der Waals surface area contributed by atoms with E-state index in [1.165, 1.54) is 0 Å². The normalized spacial score (nSPS) is 12.1. The van der Waals surface area contributed by atoms with Gasteiger partial charge in [0, 0.05) is 18.2 Å². The molecular formula is C20H7F11O2. The molecule has 0 saturated heterocycles. The molecule has 2 nitrogen and oxygen atoms in total. The maximum absolute atomic E-state index is 14.4. The molecule has 0 aliphatic heterocycles. The van der Waals surface area contributed by atoms with Crippen LogP contribution in [0.5, 0.6) is 11.5 Å². The number of benzene rings is 3. The Kier molecular flexibility index (Phi) is 6.18. The summed E-state index contributed by atoms with van der Waals surface area (Å²) in [7, 11) is 0. The minimum absolute atomic E-state index is 0.0441. The van der Waals surface area contributed by atoms with Crippen LogP contribution in [0, 0.1) is 34.9 Å². The van der Waals surface area contributed by atoms with Gasteiger partial charge in [0.15, 0.2) is 11.6 Å². The Morgan fingerprint density at radius 3 is 1.61 bits per heavy atom. The molecule has 0 N–H and O–H groups in total. The van der Waals surface area contributed by atoms with Crippen molar-refractivity contribution in [3.63, 3.8) is 0 Å². The van der Waals surface area contributed by atoms with Gasteiger partial charge in [0.1, 0.15) is 40.4 Å². The Bertz CT molecular complexity index is 1160. The van der Waals surface area contributed by atoms with Gasteiger partial charge >= 0.3 is 12.5 Å². The van der Waals surface area contributed by atoms with Gasteiger partial charge in [-0.15, -0.1) is 13.2 Å². The molecule has 0 spiro atoms. The molecular weight excluding hydrogens is 481 g/mol. The van der Waals surface area contributed by atoms with E-state index in [1.807, 2.05) is 0 Å². The van der Waals surface area contributed by atoms with Crippen LogP contribution in [0.4, 0.5) is 48.3 Å². The van der Waals surface area contributed by atoms with Crippen LogP contribution in [-0.4, -0.2) is 6.36 Å². The Labute approximate surface area is 176 Å². The molecule has 0 aromatic heterocycles. The highest BCUT2D eigenvalue weighted by Gasteiger charge is 2.42. The Morgan fingerprint density at radius 2 is 1.12 bits per heavy atom. The summed E-state index contributed by atoms with van der Waals surface area (Å²) in [5.41, 5.74) is -4.04. The van der Waals surface area contributed by atoms with E-state index in [1.54, 1.807) is 0 Å². The molecule has 0 heterocycles. The van der Waals surface area contributed by atoms with E-state index >= 15 is 0 Å². The highest BCUT2D eigenvalue weighted by Crippen LogP contribution is 2.39. The van der Waals surface area contributed by atoms with Crippen LogP contribution in [-0.2, 0) is 6.11 Å². The largest absolute Gasteiger partial charge is 0.573 e. The van der Waals surface area contributed by atoms with E-state index < -0.39 is 75.6 Å². The van der Waals surface area contributed by atoms with E-state index in [4.69, 9.17) is 0 Å². The minimum Gasteiger partial charge on any atom is -0.429 e. The summed E-state index contributed by atoms with van der Waals surface area (Å²) < 4.78 is 156. The first-order valence-electron chi connectivity index (χ1n) is 8.44. The number of alkyl halides is 5. The quantitative estimate of drug-likeness (QED) is 0.354. The summed E-state index contributed by atoms with van der Waals surface area (Å²) in [6, 6.07) is 1.37. The molecule has 13 heteroatoms. The number of hydrogen-bond donors (Lipinski definition) is 0. The van der Waals surface area contributed by atoms with Crippen LogP contribution in [0.2, 0.25) is 0 Å². The second-order valence-electron chi connectivity index (χ2n) is 6.32. The van der Waals surface area contributed by atoms with Crippen LogP contribution in [0.1, 0.15) is 5.56 Å². The van der Waals surface area contributed by atoms with E-state index in [2.05, 4.69) is 9.47 Å². The Hall–Kier alpha value is -3.51. The van der Waals surface area contributed by atoms with Gasteiger partial charge in [-0.1, -0.05) is 0 Å². The average molecular weight is 488 g/mol. The second-order valence-corrected chi connectivity index (χ2v) is 6.32. The zero-order valence-corrected chi connectivity index (χ0v) is 15.5. The maximum atomic E-state index is 14.4. The number of rotatable bonds is 5. The Morgan fingerprint density at radius 1 is 0.576 bits per heavy atom. The SMILES string of the molecule is Fc1cc(F)c(-c2cc(F)c(C(F)(F)Oc3ccc(OC(F)(F)F)c(F)c3)c(F)c2)c(F)c1. The highest BCUT2D eigenvalue weighted by atomic mass is 19.4. The molecule has 0 radical (unpaired) electrons. The van der Waals surface area contributed by atoms with Crippen molar-refractivity contribution >= 4 is 0 Å². The smallest absolute Gasteiger partial charge is 0.429 e. The summed E-state index contributed by atoms with van der Waals surface area (Å²) >= 11 is 0. The van der Waals surface area contributed by atoms with Crippen molar-refractivity contribution in [3.8, 4) is 22.6 Å². The van der Waals surface area contributed by atoms with E-state index in [0.29, 0.717) is 6.07 Å². The monoisotopic (exact) mass is 488 g/mol. The van der Waals surface area contributed by atoms with Gasteiger partial charge in [0.05, 0.1) is 5.56 Å². The predicted molar refractivity (Wildman–Crippen MR) is 89.3 cm³/mol. The first kappa shape index (κ1) is 24.1. The van der Waals surface area contributed by atoms with E-state index in [0.717, 1.165) is 0 Å². The standard InChI is InChI=1S/C20H7F11O2/c21-9-5-12(23)17(13(24)6-9)8-3-14(25)18(15(26)4-8)19(27,28)32-10-1-2-16(11(22)7-10)33-20(29,30)31/h1-7H. The molecule has 0 bridgehead atoms. The second kappa shape index (κ2) is 8.45. The molecule has 0 aliphatic rings. The van der Waals surface area contributed by atoms with Crippen molar-refractivity contribution in [3.05, 3.63) is 82.9 Å². The third-order valence-electron chi connectivity index (χ3n) is 4.00. The summed E-state index contributed by atoms with van der Waals surface area (Å²) in [4.78, 5) is 0. The van der Waals surface area contributed by atoms with Crippen molar-refractivity contribution < 1.29 is 57.8 Å². The van der Waals surface area contributed by atoms with Gasteiger partial charge in [0.25, 0.3) is 0 Å². The van der Waals surface area contributed by atoms with Crippen molar-refractivity contribution in [1.82, 2.24) is 0 Å². The molecule has 0 fully saturated rings. The number of ether oxygens (including phenoxy) is 2. The van der Waals surface area contributed by atoms with Crippen molar-refractivity contribution in [2.75, 3.05) is 0 Å². The van der Waals surface area contributed by atoms with Crippen LogP contribution in [0.3, 0.4) is 0 Å². The van der Waals surface area contributed by atoms with Gasteiger partial charge in [-0.2, -0.15) is 8.78 Å². The lowest BCUT2D eigenvalue weighted by Crippen LogP contribution is -2.25. The fourth-order valence-corrected chi connectivity index (χ4v) is 2.77. The summed E-state index contributed by atoms with van der Waals surface area (Å²) in [6.45, 7) is 0. The zero-order chi connectivity index (χ0) is 24.7. The van der Waals surface area contributed by atoms with Gasteiger partial charge in [-0.3, -0.25) is 0 Å². The first-order chi connectivity index (χ1) is 15.2. The van der Waals surface area contributed by atoms with Gasteiger partial charge in [0.2, 0.25) is 0 Å². The highest BCUT2D eigenvalue weighted by molar-refractivity contribution is 5.65. The van der Waals surface area contributed by atoms with Crippen LogP contribution in [0.25, 0.3) is 11.1 Å². The Balaban J connectivity index is 1.95. The molecule has 0 saturated carbocycles. The molecule has 0 unspecified atom stereocenters. The fourth-order valence-electron chi connectivity index (χ4n) is 2.77. The zero-order valence-electron chi connectivity index (χ0n) is 15.5. The van der Waals surface area contributed by atoms with Gasteiger partial charge in [-0.25, -0.2) is 26.3 Å². The topological polar surface area (TPSA) is 18.5 Å². The summed E-state index contributed by atoms with van der Waals surface area (Å²) in [5.74, 6) is -12.9. The van der Waals surface area contributed by atoms with E-state index in [-0.39, 0.29) is 36.4 Å². The molecule has 3 aromatic rings. The third-order valence-corrected chi connectivity index (χ3v) is 4.00. The molecule has 3 rings (SSSR count). The molecule has 0 aliphatic carbocycles. The van der Waals surface area contributed by atoms with Crippen molar-refractivity contribution in [2.45, 2.75) is 12.5 Å². The van der Waals surface area contributed by atoms with E-state index in [9.17, 15) is 48.3 Å². The van der Waals surface area contributed by atoms with Crippen LogP contribution in [0.15, 0.2) is 42.5 Å². The van der Waals surface area contributed by atoms with Gasteiger partial charge in [-0.05, 0) is 29.8 Å². The maximum Gasteiger partial charge on any atom is 0.573 e. The number of hydrogen-bond acceptors (Lipinski definition) is 2. The summed E-state index contributed by atoms with van der Waals surface area (Å²) in [6.07, 6.45) is -10.1. The average Bonchev–Trinajstić information content (AvgIpc) is 2.61. The van der Waals surface area contributed by atoms with Crippen LogP contribution < -0.4 is 9.47 Å². The molecule has 3 aromatic carbocycles. The van der Waals surface area contributed by atoms with Gasteiger partial charge < -0.3 is 9.47 Å². The van der Waals surface area contributed by atoms with Crippen LogP contribution >= 0.6 is 0 Å². The van der Waals surface area contributed by atoms with Crippen molar-refractivity contribution in [2.24, 2.45) is 0 Å². The molecule has 0 amide bonds. The summed E-state index contributed by atoms with van der Waals surface area (Å²) in [5, 5.41) is 0.